The van der Waals surface area contributed by atoms with Gasteiger partial charge in [0.25, 0.3) is 0 Å². The Kier molecular flexibility index (Phi) is 2.93. The molecule has 1 heterocycles. The molecule has 15 heavy (non-hydrogen) atoms. The van der Waals surface area contributed by atoms with Crippen molar-refractivity contribution in [2.24, 2.45) is 0 Å². The third kappa shape index (κ3) is 1.98. The molecule has 0 aromatic heterocycles. The Morgan fingerprint density at radius 2 is 2.27 bits per heavy atom. The Labute approximate surface area is 90.1 Å². The van der Waals surface area contributed by atoms with Gasteiger partial charge in [0.05, 0.1) is 13.2 Å². The van der Waals surface area contributed by atoms with Crippen LogP contribution in [0.25, 0.3) is 0 Å². The van der Waals surface area contributed by atoms with Crippen LogP contribution < -0.4 is 10.1 Å². The lowest BCUT2D eigenvalue weighted by molar-refractivity contribution is 0.174. The summed E-state index contributed by atoms with van der Waals surface area (Å²) in [4.78, 5) is 0. The maximum atomic E-state index is 9.96. The Hall–Kier alpha value is -1.06. The molecular formula is C12H17NO2. The Morgan fingerprint density at radius 1 is 1.47 bits per heavy atom. The average Bonchev–Trinajstić information content (AvgIpc) is 2.39. The number of benzene rings is 1. The van der Waals surface area contributed by atoms with Gasteiger partial charge in [0, 0.05) is 18.2 Å². The quantitative estimate of drug-likeness (QED) is 0.728. The molecule has 0 fully saturated rings. The van der Waals surface area contributed by atoms with Crippen LogP contribution in [0, 0.1) is 0 Å². The Morgan fingerprint density at radius 3 is 3.00 bits per heavy atom. The van der Waals surface area contributed by atoms with Gasteiger partial charge < -0.3 is 15.2 Å². The number of β-amino-alcohol motifs (C(OH)–C–C–N with tert-alkyl or cyclic N) is 1. The molecule has 0 saturated carbocycles. The minimum absolute atomic E-state index is 0.372. The molecule has 1 aliphatic heterocycles. The van der Waals surface area contributed by atoms with Gasteiger partial charge in [-0.25, -0.2) is 0 Å². The standard InChI is InChI=1S/C12H17NO2/c1-8-6-10-9(11(14)7-13-8)4-3-5-12(10)15-2/h3-5,8,11,13-14H,6-7H2,1-2H3. The van der Waals surface area contributed by atoms with Crippen LogP contribution in [-0.4, -0.2) is 24.8 Å². The topological polar surface area (TPSA) is 41.5 Å². The van der Waals surface area contributed by atoms with Gasteiger partial charge in [0.1, 0.15) is 5.75 Å². The molecule has 0 spiro atoms. The molecule has 3 nitrogen and oxygen atoms in total. The smallest absolute Gasteiger partial charge is 0.122 e. The number of rotatable bonds is 1. The highest BCUT2D eigenvalue weighted by Crippen LogP contribution is 2.29. The summed E-state index contributed by atoms with van der Waals surface area (Å²) in [7, 11) is 1.67. The molecule has 2 N–H and O–H groups in total. The van der Waals surface area contributed by atoms with Gasteiger partial charge in [-0.2, -0.15) is 0 Å². The van der Waals surface area contributed by atoms with E-state index in [2.05, 4.69) is 12.2 Å². The largest absolute Gasteiger partial charge is 0.496 e. The molecule has 82 valence electrons. The Balaban J connectivity index is 2.46. The number of aliphatic hydroxyl groups excluding tert-OH is 1. The highest BCUT2D eigenvalue weighted by atomic mass is 16.5. The van der Waals surface area contributed by atoms with Crippen molar-refractivity contribution in [2.75, 3.05) is 13.7 Å². The third-order valence-corrected chi connectivity index (χ3v) is 2.92. The van der Waals surface area contributed by atoms with Gasteiger partial charge in [0.15, 0.2) is 0 Å². The summed E-state index contributed by atoms with van der Waals surface area (Å²) >= 11 is 0. The molecule has 0 amide bonds. The first-order valence-corrected chi connectivity index (χ1v) is 5.29. The zero-order chi connectivity index (χ0) is 10.8. The maximum absolute atomic E-state index is 9.96. The van der Waals surface area contributed by atoms with Crippen molar-refractivity contribution in [3.8, 4) is 5.75 Å². The number of fused-ring (bicyclic) bond motifs is 1. The summed E-state index contributed by atoms with van der Waals surface area (Å²) in [6.45, 7) is 2.73. The van der Waals surface area contributed by atoms with Crippen molar-refractivity contribution in [3.05, 3.63) is 29.3 Å². The van der Waals surface area contributed by atoms with E-state index in [-0.39, 0.29) is 0 Å². The van der Waals surface area contributed by atoms with Crippen LogP contribution in [0.4, 0.5) is 0 Å². The van der Waals surface area contributed by atoms with Crippen molar-refractivity contribution in [3.63, 3.8) is 0 Å². The molecule has 0 bridgehead atoms. The van der Waals surface area contributed by atoms with Gasteiger partial charge in [-0.05, 0) is 25.0 Å². The van der Waals surface area contributed by atoms with Gasteiger partial charge in [-0.3, -0.25) is 0 Å². The summed E-state index contributed by atoms with van der Waals surface area (Å²) in [5.74, 6) is 0.877. The first kappa shape index (κ1) is 10.5. The molecule has 3 heteroatoms. The van der Waals surface area contributed by atoms with E-state index in [1.807, 2.05) is 18.2 Å². The molecule has 0 radical (unpaired) electrons. The molecule has 2 atom stereocenters. The molecule has 1 aliphatic rings. The molecule has 0 saturated heterocycles. The molecule has 0 aliphatic carbocycles. The van der Waals surface area contributed by atoms with Crippen molar-refractivity contribution < 1.29 is 9.84 Å². The first-order chi connectivity index (χ1) is 7.22. The summed E-state index contributed by atoms with van der Waals surface area (Å²) in [6, 6.07) is 6.22. The van der Waals surface area contributed by atoms with Gasteiger partial charge in [-0.1, -0.05) is 12.1 Å². The van der Waals surface area contributed by atoms with Crippen LogP contribution in [0.15, 0.2) is 18.2 Å². The van der Waals surface area contributed by atoms with Crippen molar-refractivity contribution in [2.45, 2.75) is 25.5 Å². The van der Waals surface area contributed by atoms with Gasteiger partial charge in [-0.15, -0.1) is 0 Å². The fourth-order valence-corrected chi connectivity index (χ4v) is 2.11. The third-order valence-electron chi connectivity index (χ3n) is 2.92. The van der Waals surface area contributed by atoms with Crippen LogP contribution in [0.1, 0.15) is 24.2 Å². The highest BCUT2D eigenvalue weighted by molar-refractivity contribution is 5.42. The predicted octanol–water partition coefficient (Wildman–Crippen LogP) is 1.26. The van der Waals surface area contributed by atoms with E-state index in [4.69, 9.17) is 4.74 Å². The van der Waals surface area contributed by atoms with Crippen LogP contribution in [0.2, 0.25) is 0 Å². The lowest BCUT2D eigenvalue weighted by Gasteiger charge is -2.14. The van der Waals surface area contributed by atoms with E-state index in [0.717, 1.165) is 23.3 Å². The highest BCUT2D eigenvalue weighted by Gasteiger charge is 2.21. The second kappa shape index (κ2) is 4.21. The van der Waals surface area contributed by atoms with E-state index in [0.29, 0.717) is 12.6 Å². The van der Waals surface area contributed by atoms with E-state index in [1.165, 1.54) is 0 Å². The van der Waals surface area contributed by atoms with Gasteiger partial charge >= 0.3 is 0 Å². The summed E-state index contributed by atoms with van der Waals surface area (Å²) < 4.78 is 5.33. The molecule has 1 aromatic carbocycles. The maximum Gasteiger partial charge on any atom is 0.122 e. The number of methoxy groups -OCH3 is 1. The summed E-state index contributed by atoms with van der Waals surface area (Å²) in [5.41, 5.74) is 2.12. The average molecular weight is 207 g/mol. The van der Waals surface area contributed by atoms with E-state index in [1.54, 1.807) is 7.11 Å². The zero-order valence-corrected chi connectivity index (χ0v) is 9.16. The monoisotopic (exact) mass is 207 g/mol. The van der Waals surface area contributed by atoms with E-state index < -0.39 is 6.10 Å². The summed E-state index contributed by atoms with van der Waals surface area (Å²) in [6.07, 6.45) is 0.469. The lowest BCUT2D eigenvalue weighted by atomic mass is 9.98. The normalized spacial score (nSPS) is 25.5. The minimum Gasteiger partial charge on any atom is -0.496 e. The summed E-state index contributed by atoms with van der Waals surface area (Å²) in [5, 5.41) is 13.2. The number of hydrogen-bond acceptors (Lipinski definition) is 3. The van der Waals surface area contributed by atoms with Crippen molar-refractivity contribution >= 4 is 0 Å². The lowest BCUT2D eigenvalue weighted by Crippen LogP contribution is -2.28. The number of aliphatic hydroxyl groups is 1. The molecular weight excluding hydrogens is 190 g/mol. The van der Waals surface area contributed by atoms with Crippen LogP contribution in [0.3, 0.4) is 0 Å². The molecule has 2 unspecified atom stereocenters. The predicted molar refractivity (Wildman–Crippen MR) is 59.1 cm³/mol. The van der Waals surface area contributed by atoms with Crippen LogP contribution in [-0.2, 0) is 6.42 Å². The number of nitrogens with one attached hydrogen (secondary N) is 1. The fourth-order valence-electron chi connectivity index (χ4n) is 2.11. The number of ether oxygens (including phenoxy) is 1. The van der Waals surface area contributed by atoms with Crippen molar-refractivity contribution in [1.29, 1.82) is 0 Å². The minimum atomic E-state index is -0.431. The second-order valence-corrected chi connectivity index (χ2v) is 4.06. The van der Waals surface area contributed by atoms with E-state index >= 15 is 0 Å². The fraction of sp³-hybridized carbons (Fsp3) is 0.500. The number of hydrogen-bond donors (Lipinski definition) is 2. The van der Waals surface area contributed by atoms with Gasteiger partial charge in [0.2, 0.25) is 0 Å². The van der Waals surface area contributed by atoms with Crippen LogP contribution in [0.5, 0.6) is 5.75 Å². The second-order valence-electron chi connectivity index (χ2n) is 4.06. The SMILES string of the molecule is COc1cccc2c1CC(C)NCC2O. The first-order valence-electron chi connectivity index (χ1n) is 5.29. The molecule has 2 rings (SSSR count). The van der Waals surface area contributed by atoms with Crippen LogP contribution >= 0.6 is 0 Å². The van der Waals surface area contributed by atoms with E-state index in [9.17, 15) is 5.11 Å². The zero-order valence-electron chi connectivity index (χ0n) is 9.16. The molecule has 1 aromatic rings. The Bertz CT molecular complexity index is 351. The van der Waals surface area contributed by atoms with Crippen molar-refractivity contribution in [1.82, 2.24) is 5.32 Å².